The van der Waals surface area contributed by atoms with E-state index in [1.54, 1.807) is 0 Å². The van der Waals surface area contributed by atoms with Crippen molar-refractivity contribution in [2.75, 3.05) is 31.1 Å². The number of carbonyl (C=O) groups is 1. The molecule has 20 heavy (non-hydrogen) atoms. The Bertz CT molecular complexity index is 514. The van der Waals surface area contributed by atoms with Crippen LogP contribution in [0.25, 0.3) is 0 Å². The van der Waals surface area contributed by atoms with E-state index in [1.165, 1.54) is 0 Å². The molecule has 1 saturated heterocycles. The number of aromatic nitrogens is 1. The molecule has 1 atom stereocenters. The van der Waals surface area contributed by atoms with Gasteiger partial charge in [-0.25, -0.2) is 4.98 Å². The first-order valence-electron chi connectivity index (χ1n) is 6.77. The molecule has 6 heteroatoms. The van der Waals surface area contributed by atoms with Crippen molar-refractivity contribution in [3.63, 3.8) is 0 Å². The molecule has 0 N–H and O–H groups in total. The van der Waals surface area contributed by atoms with Crippen LogP contribution in [0.2, 0.25) is 0 Å². The highest BCUT2D eigenvalue weighted by Gasteiger charge is 2.67. The number of pyridine rings is 1. The molecule has 1 unspecified atom stereocenters. The summed E-state index contributed by atoms with van der Waals surface area (Å²) in [6, 6.07) is 5.93. The molecular formula is C14H17Br2N3O. The molecule has 2 heterocycles. The maximum atomic E-state index is 12.6. The second-order valence-corrected chi connectivity index (χ2v) is 9.45. The molecule has 1 aliphatic heterocycles. The van der Waals surface area contributed by atoms with Crippen molar-refractivity contribution >= 4 is 43.6 Å². The van der Waals surface area contributed by atoms with Crippen LogP contribution in [0.4, 0.5) is 5.82 Å². The van der Waals surface area contributed by atoms with E-state index in [-0.39, 0.29) is 14.6 Å². The van der Waals surface area contributed by atoms with E-state index in [1.807, 2.05) is 36.2 Å². The number of amides is 1. The molecule has 3 rings (SSSR count). The van der Waals surface area contributed by atoms with Gasteiger partial charge in [0.1, 0.15) is 5.82 Å². The zero-order valence-electron chi connectivity index (χ0n) is 11.4. The van der Waals surface area contributed by atoms with Gasteiger partial charge in [0, 0.05) is 32.4 Å². The minimum absolute atomic E-state index is 0.206. The lowest BCUT2D eigenvalue weighted by Gasteiger charge is -2.37. The van der Waals surface area contributed by atoms with E-state index in [9.17, 15) is 4.79 Å². The van der Waals surface area contributed by atoms with Crippen molar-refractivity contribution in [1.82, 2.24) is 9.88 Å². The fourth-order valence-corrected chi connectivity index (χ4v) is 4.12. The lowest BCUT2D eigenvalue weighted by molar-refractivity contribution is -0.136. The van der Waals surface area contributed by atoms with Crippen molar-refractivity contribution in [2.45, 2.75) is 16.6 Å². The Morgan fingerprint density at radius 3 is 2.40 bits per heavy atom. The first kappa shape index (κ1) is 14.3. The van der Waals surface area contributed by atoms with Gasteiger partial charge in [0.2, 0.25) is 5.91 Å². The summed E-state index contributed by atoms with van der Waals surface area (Å²) in [5.74, 6) is 1.24. The zero-order valence-corrected chi connectivity index (χ0v) is 14.5. The third-order valence-corrected chi connectivity index (χ3v) is 6.58. The number of rotatable bonds is 2. The molecule has 1 saturated carbocycles. The molecule has 1 amide bonds. The van der Waals surface area contributed by atoms with Crippen LogP contribution in [0.3, 0.4) is 0 Å². The van der Waals surface area contributed by atoms with Crippen molar-refractivity contribution in [1.29, 1.82) is 0 Å². The number of halogens is 2. The van der Waals surface area contributed by atoms with Crippen LogP contribution in [0.15, 0.2) is 24.4 Å². The highest BCUT2D eigenvalue weighted by Crippen LogP contribution is 2.66. The van der Waals surface area contributed by atoms with Gasteiger partial charge in [0.25, 0.3) is 0 Å². The molecule has 0 aromatic carbocycles. The number of nitrogens with zero attached hydrogens (tertiary/aromatic N) is 3. The third-order valence-electron chi connectivity index (χ3n) is 4.27. The van der Waals surface area contributed by atoms with Crippen LogP contribution in [-0.2, 0) is 4.79 Å². The van der Waals surface area contributed by atoms with Gasteiger partial charge in [-0.2, -0.15) is 0 Å². The largest absolute Gasteiger partial charge is 0.353 e. The van der Waals surface area contributed by atoms with Crippen molar-refractivity contribution < 1.29 is 4.79 Å². The molecule has 0 bridgehead atoms. The van der Waals surface area contributed by atoms with Crippen molar-refractivity contribution in [3.05, 3.63) is 24.4 Å². The van der Waals surface area contributed by atoms with Crippen LogP contribution in [-0.4, -0.2) is 45.2 Å². The van der Waals surface area contributed by atoms with Crippen LogP contribution >= 0.6 is 31.9 Å². The number of hydrogen-bond donors (Lipinski definition) is 0. The Morgan fingerprint density at radius 1 is 1.25 bits per heavy atom. The summed E-state index contributed by atoms with van der Waals surface area (Å²) in [5, 5.41) is 0. The second kappa shape index (κ2) is 4.98. The smallest absolute Gasteiger partial charge is 0.231 e. The summed E-state index contributed by atoms with van der Waals surface area (Å²) in [5.41, 5.74) is -0.305. The fourth-order valence-electron chi connectivity index (χ4n) is 2.66. The summed E-state index contributed by atoms with van der Waals surface area (Å²) in [6.45, 7) is 5.24. The monoisotopic (exact) mass is 401 g/mol. The summed E-state index contributed by atoms with van der Waals surface area (Å²) >= 11 is 7.15. The molecule has 2 fully saturated rings. The molecular weight excluding hydrogens is 386 g/mol. The number of alkyl halides is 2. The molecule has 1 aromatic heterocycles. The van der Waals surface area contributed by atoms with Gasteiger partial charge < -0.3 is 9.80 Å². The average Bonchev–Trinajstić information content (AvgIpc) is 2.99. The van der Waals surface area contributed by atoms with Gasteiger partial charge in [-0.15, -0.1) is 0 Å². The van der Waals surface area contributed by atoms with E-state index in [0.717, 1.165) is 38.4 Å². The fraction of sp³-hybridized carbons (Fsp3) is 0.571. The van der Waals surface area contributed by atoms with Gasteiger partial charge >= 0.3 is 0 Å². The van der Waals surface area contributed by atoms with E-state index < -0.39 is 0 Å². The highest BCUT2D eigenvalue weighted by molar-refractivity contribution is 9.25. The molecule has 1 aliphatic carbocycles. The van der Waals surface area contributed by atoms with Gasteiger partial charge in [-0.1, -0.05) is 37.9 Å². The van der Waals surface area contributed by atoms with Gasteiger partial charge in [-0.05, 0) is 25.5 Å². The molecule has 1 aromatic rings. The predicted molar refractivity (Wildman–Crippen MR) is 86.3 cm³/mol. The highest BCUT2D eigenvalue weighted by atomic mass is 79.9. The van der Waals surface area contributed by atoms with Crippen LogP contribution in [0.1, 0.15) is 13.3 Å². The topological polar surface area (TPSA) is 36.4 Å². The summed E-state index contributed by atoms with van der Waals surface area (Å²) < 4.78 is -0.206. The lowest BCUT2D eigenvalue weighted by Crippen LogP contribution is -2.51. The normalized spacial score (nSPS) is 28.4. The van der Waals surface area contributed by atoms with E-state index in [2.05, 4.69) is 41.7 Å². The maximum absolute atomic E-state index is 12.6. The molecule has 4 nitrogen and oxygen atoms in total. The summed E-state index contributed by atoms with van der Waals surface area (Å²) in [7, 11) is 0. The number of piperazine rings is 1. The first-order chi connectivity index (χ1) is 9.44. The van der Waals surface area contributed by atoms with Crippen LogP contribution in [0.5, 0.6) is 0 Å². The van der Waals surface area contributed by atoms with Crippen LogP contribution in [0, 0.1) is 5.41 Å². The van der Waals surface area contributed by atoms with Gasteiger partial charge in [0.05, 0.1) is 8.65 Å². The van der Waals surface area contributed by atoms with E-state index in [0.29, 0.717) is 0 Å². The van der Waals surface area contributed by atoms with Crippen LogP contribution < -0.4 is 4.90 Å². The summed E-state index contributed by atoms with van der Waals surface area (Å²) in [6.07, 6.45) is 2.65. The van der Waals surface area contributed by atoms with Gasteiger partial charge in [-0.3, -0.25) is 4.79 Å². The Labute approximate surface area is 135 Å². The molecule has 108 valence electrons. The van der Waals surface area contributed by atoms with E-state index in [4.69, 9.17) is 0 Å². The minimum Gasteiger partial charge on any atom is -0.353 e. The number of hydrogen-bond acceptors (Lipinski definition) is 3. The number of anilines is 1. The zero-order chi connectivity index (χ0) is 14.4. The Morgan fingerprint density at radius 2 is 1.90 bits per heavy atom. The molecule has 0 spiro atoms. The predicted octanol–water partition coefficient (Wildman–Crippen LogP) is 2.63. The second-order valence-electron chi connectivity index (χ2n) is 5.68. The lowest BCUT2D eigenvalue weighted by atomic mass is 10.1. The minimum atomic E-state index is -0.305. The van der Waals surface area contributed by atoms with Crippen molar-refractivity contribution in [3.8, 4) is 0 Å². The standard InChI is InChI=1S/C14H17Br2N3O/c1-13(10-14(13,15)16)12(20)19-8-6-18(7-9-19)11-4-2-3-5-17-11/h2-5H,6-10H2,1H3. The number of carbonyl (C=O) groups excluding carboxylic acids is 1. The third kappa shape index (κ3) is 2.37. The molecule has 2 aliphatic rings. The SMILES string of the molecule is CC1(C(=O)N2CCN(c3ccccn3)CC2)CC1(Br)Br. The Hall–Kier alpha value is -0.620. The van der Waals surface area contributed by atoms with Gasteiger partial charge in [0.15, 0.2) is 0 Å². The average molecular weight is 403 g/mol. The molecule has 0 radical (unpaired) electrons. The van der Waals surface area contributed by atoms with E-state index >= 15 is 0 Å². The Kier molecular flexibility index (Phi) is 3.57. The summed E-state index contributed by atoms with van der Waals surface area (Å²) in [4.78, 5) is 21.1. The quantitative estimate of drug-likeness (QED) is 0.713. The maximum Gasteiger partial charge on any atom is 0.231 e. The van der Waals surface area contributed by atoms with Crippen molar-refractivity contribution in [2.24, 2.45) is 5.41 Å². The first-order valence-corrected chi connectivity index (χ1v) is 8.36. The Balaban J connectivity index is 1.61.